The molecule has 8 nitrogen and oxygen atoms in total. The van der Waals surface area contributed by atoms with Gasteiger partial charge in [0.15, 0.2) is 11.6 Å². The lowest BCUT2D eigenvalue weighted by Crippen LogP contribution is -2.33. The second-order valence-corrected chi connectivity index (χ2v) is 8.74. The fourth-order valence-electron chi connectivity index (χ4n) is 3.90. The summed E-state index contributed by atoms with van der Waals surface area (Å²) in [5.41, 5.74) is 12.4. The molecule has 0 radical (unpaired) electrons. The lowest BCUT2D eigenvalue weighted by Gasteiger charge is -2.21. The van der Waals surface area contributed by atoms with Gasteiger partial charge in [0.1, 0.15) is 10.6 Å². The first-order valence-electron chi connectivity index (χ1n) is 9.54. The zero-order valence-corrected chi connectivity index (χ0v) is 17.8. The summed E-state index contributed by atoms with van der Waals surface area (Å²) in [6, 6.07) is 5.33. The van der Waals surface area contributed by atoms with E-state index >= 15 is 0 Å². The maximum atomic E-state index is 14.8. The molecule has 4 aromatic rings. The van der Waals surface area contributed by atoms with Crippen molar-refractivity contribution in [2.75, 3.05) is 13.7 Å². The smallest absolute Gasteiger partial charge is 0.232 e. The van der Waals surface area contributed by atoms with Crippen LogP contribution >= 0.6 is 11.3 Å². The summed E-state index contributed by atoms with van der Waals surface area (Å²) in [6.45, 7) is 3.90. The number of azide groups is 1. The first-order chi connectivity index (χ1) is 14.9. The van der Waals surface area contributed by atoms with Gasteiger partial charge in [0, 0.05) is 28.5 Å². The molecule has 0 spiro atoms. The molecule has 0 saturated heterocycles. The number of aryl methyl sites for hydroxylation is 1. The van der Waals surface area contributed by atoms with Crippen molar-refractivity contribution in [3.63, 3.8) is 0 Å². The molecule has 156 valence electrons. The second kappa shape index (κ2) is 7.04. The number of rotatable bonds is 4. The largest absolute Gasteiger partial charge is 0.484 e. The van der Waals surface area contributed by atoms with Gasteiger partial charge in [-0.15, -0.1) is 11.3 Å². The molecule has 0 fully saturated rings. The number of benzene rings is 2. The van der Waals surface area contributed by atoms with Gasteiger partial charge in [-0.1, -0.05) is 5.11 Å². The molecule has 31 heavy (non-hydrogen) atoms. The molecule has 1 aliphatic rings. The Labute approximate surface area is 180 Å². The predicted molar refractivity (Wildman–Crippen MR) is 116 cm³/mol. The molecule has 2 aromatic heterocycles. The molecule has 10 heteroatoms. The van der Waals surface area contributed by atoms with E-state index in [4.69, 9.17) is 20.0 Å². The lowest BCUT2D eigenvalue weighted by molar-refractivity contribution is 0.121. The van der Waals surface area contributed by atoms with Crippen LogP contribution in [0.25, 0.3) is 42.3 Å². The zero-order chi connectivity index (χ0) is 21.8. The maximum Gasteiger partial charge on any atom is 0.232 e. The quantitative estimate of drug-likeness (QED) is 0.243. The predicted octanol–water partition coefficient (Wildman–Crippen LogP) is 5.37. The molecule has 5 rings (SSSR count). The Balaban J connectivity index is 1.68. The van der Waals surface area contributed by atoms with Crippen molar-refractivity contribution in [2.45, 2.75) is 25.9 Å². The summed E-state index contributed by atoms with van der Waals surface area (Å²) in [5.74, 6) is 0.171. The highest BCUT2D eigenvalue weighted by Crippen LogP contribution is 2.45. The molecular formula is C21H17FN6O2S. The number of thiazole rings is 1. The van der Waals surface area contributed by atoms with Gasteiger partial charge in [0.25, 0.3) is 0 Å². The molecule has 0 aliphatic carbocycles. The van der Waals surface area contributed by atoms with Gasteiger partial charge in [-0.2, -0.15) is 0 Å². The van der Waals surface area contributed by atoms with Crippen LogP contribution in [-0.2, 0) is 6.42 Å². The van der Waals surface area contributed by atoms with Crippen LogP contribution in [-0.4, -0.2) is 34.2 Å². The van der Waals surface area contributed by atoms with E-state index in [1.54, 1.807) is 13.3 Å². The van der Waals surface area contributed by atoms with Crippen LogP contribution in [0.1, 0.15) is 18.1 Å². The van der Waals surface area contributed by atoms with Crippen LogP contribution in [0.15, 0.2) is 29.5 Å². The third kappa shape index (κ3) is 3.20. The van der Waals surface area contributed by atoms with E-state index in [9.17, 15) is 4.39 Å². The fourth-order valence-corrected chi connectivity index (χ4v) is 5.00. The van der Waals surface area contributed by atoms with Crippen LogP contribution in [0.5, 0.6) is 11.6 Å². The van der Waals surface area contributed by atoms with Crippen molar-refractivity contribution in [1.29, 1.82) is 0 Å². The molecular weight excluding hydrogens is 419 g/mol. The standard InChI is InChI=1S/C21H17FN6O2S/c1-10-4-11(17-14(5-10)26-16(29-3)8-24-17)20-27-15-6-13(22)18-12(19(15)31-20)7-21(2,30-18)9-25-28-23/h4-6,8H,7,9H2,1-3H3/t21-/m0/s1. The Bertz CT molecular complexity index is 1410. The summed E-state index contributed by atoms with van der Waals surface area (Å²) in [4.78, 5) is 16.5. The maximum absolute atomic E-state index is 14.8. The molecule has 0 amide bonds. The summed E-state index contributed by atoms with van der Waals surface area (Å²) in [6.07, 6.45) is 2.00. The Morgan fingerprint density at radius 1 is 1.32 bits per heavy atom. The summed E-state index contributed by atoms with van der Waals surface area (Å²) in [5, 5.41) is 4.35. The van der Waals surface area contributed by atoms with Gasteiger partial charge in [0.05, 0.1) is 41.1 Å². The van der Waals surface area contributed by atoms with Gasteiger partial charge in [-0.05, 0) is 37.1 Å². The van der Waals surface area contributed by atoms with Crippen LogP contribution < -0.4 is 9.47 Å². The minimum Gasteiger partial charge on any atom is -0.484 e. The molecule has 0 saturated carbocycles. The number of hydrogen-bond donors (Lipinski definition) is 0. The second-order valence-electron chi connectivity index (χ2n) is 7.74. The van der Waals surface area contributed by atoms with E-state index in [1.807, 2.05) is 26.0 Å². The van der Waals surface area contributed by atoms with Gasteiger partial charge in [0.2, 0.25) is 5.88 Å². The van der Waals surface area contributed by atoms with E-state index in [0.717, 1.165) is 26.4 Å². The number of aromatic nitrogens is 3. The van der Waals surface area contributed by atoms with E-state index in [1.165, 1.54) is 17.4 Å². The number of methoxy groups -OCH3 is 1. The number of nitrogens with zero attached hydrogens (tertiary/aromatic N) is 6. The number of halogens is 1. The van der Waals surface area contributed by atoms with E-state index in [0.29, 0.717) is 28.9 Å². The fraction of sp³-hybridized carbons (Fsp3) is 0.286. The van der Waals surface area contributed by atoms with E-state index in [-0.39, 0.29) is 12.3 Å². The lowest BCUT2D eigenvalue weighted by atomic mass is 9.99. The molecule has 0 unspecified atom stereocenters. The van der Waals surface area contributed by atoms with Crippen LogP contribution in [0.4, 0.5) is 4.39 Å². The molecule has 1 aliphatic heterocycles. The summed E-state index contributed by atoms with van der Waals surface area (Å²) >= 11 is 1.46. The van der Waals surface area contributed by atoms with Gasteiger partial charge < -0.3 is 9.47 Å². The third-order valence-electron chi connectivity index (χ3n) is 5.26. The SMILES string of the molecule is COc1cnc2c(-c3nc4cc(F)c5c(c4s3)C[C@@](C)(CN=[N+]=[N-])O5)cc(C)cc2n1. The van der Waals surface area contributed by atoms with Crippen molar-refractivity contribution >= 4 is 32.6 Å². The molecule has 0 N–H and O–H groups in total. The third-order valence-corrected chi connectivity index (χ3v) is 6.42. The van der Waals surface area contributed by atoms with Gasteiger partial charge in [-0.25, -0.2) is 19.3 Å². The number of fused-ring (bicyclic) bond motifs is 4. The Kier molecular flexibility index (Phi) is 4.42. The summed E-state index contributed by atoms with van der Waals surface area (Å²) < 4.78 is 26.7. The van der Waals surface area contributed by atoms with Crippen LogP contribution in [0.3, 0.4) is 0 Å². The Morgan fingerprint density at radius 2 is 2.16 bits per heavy atom. The average Bonchev–Trinajstić information content (AvgIpc) is 3.33. The average molecular weight is 436 g/mol. The molecule has 0 bridgehead atoms. The van der Waals surface area contributed by atoms with Crippen LogP contribution in [0, 0.1) is 12.7 Å². The van der Waals surface area contributed by atoms with Crippen molar-refractivity contribution < 1.29 is 13.9 Å². The highest BCUT2D eigenvalue weighted by atomic mass is 32.1. The van der Waals surface area contributed by atoms with Gasteiger partial charge >= 0.3 is 0 Å². The van der Waals surface area contributed by atoms with Crippen molar-refractivity contribution in [2.24, 2.45) is 5.11 Å². The van der Waals surface area contributed by atoms with E-state index < -0.39 is 11.4 Å². The zero-order valence-electron chi connectivity index (χ0n) is 17.0. The highest BCUT2D eigenvalue weighted by molar-refractivity contribution is 7.22. The normalized spacial score (nSPS) is 17.4. The number of hydrogen-bond acceptors (Lipinski definition) is 7. The Hall–Kier alpha value is -3.49. The van der Waals surface area contributed by atoms with Crippen molar-refractivity contribution in [3.8, 4) is 22.2 Å². The van der Waals surface area contributed by atoms with Crippen molar-refractivity contribution in [1.82, 2.24) is 15.0 Å². The monoisotopic (exact) mass is 436 g/mol. The molecule has 3 heterocycles. The van der Waals surface area contributed by atoms with Crippen molar-refractivity contribution in [3.05, 3.63) is 51.8 Å². The van der Waals surface area contributed by atoms with Crippen LogP contribution in [0.2, 0.25) is 0 Å². The minimum absolute atomic E-state index is 0.116. The molecule has 2 aromatic carbocycles. The topological polar surface area (TPSA) is 106 Å². The minimum atomic E-state index is -0.786. The summed E-state index contributed by atoms with van der Waals surface area (Å²) in [7, 11) is 1.55. The first-order valence-corrected chi connectivity index (χ1v) is 10.4. The highest BCUT2D eigenvalue weighted by Gasteiger charge is 2.38. The Morgan fingerprint density at radius 3 is 2.94 bits per heavy atom. The van der Waals surface area contributed by atoms with E-state index in [2.05, 4.69) is 20.0 Å². The number of ether oxygens (including phenoxy) is 2. The van der Waals surface area contributed by atoms with Gasteiger partial charge in [-0.3, -0.25) is 0 Å². The molecule has 1 atom stereocenters. The first kappa shape index (κ1) is 19.5.